The Bertz CT molecular complexity index is 1050. The zero-order valence-corrected chi connectivity index (χ0v) is 16.9. The monoisotopic (exact) mass is 419 g/mol. The number of methoxy groups -OCH3 is 1. The van der Waals surface area contributed by atoms with E-state index in [1.54, 1.807) is 12.1 Å². The molecule has 0 aromatic heterocycles. The van der Waals surface area contributed by atoms with E-state index < -0.39 is 25.1 Å². The molecule has 31 heavy (non-hydrogen) atoms. The molecule has 3 rings (SSSR count). The number of amides is 1. The molecule has 3 aromatic rings. The molecule has 158 valence electrons. The number of carbonyl (C=O) groups excluding carboxylic acids is 3. The Kier molecular flexibility index (Phi) is 7.37. The van der Waals surface area contributed by atoms with Gasteiger partial charge in [-0.2, -0.15) is 0 Å². The minimum absolute atomic E-state index is 0.285. The molecule has 0 spiro atoms. The highest BCUT2D eigenvalue weighted by Crippen LogP contribution is 2.27. The van der Waals surface area contributed by atoms with Gasteiger partial charge in [0.1, 0.15) is 6.29 Å². The molecular formula is C24H21NO6. The topological polar surface area (TPSA) is 90.9 Å². The maximum atomic E-state index is 12.0. The Morgan fingerprint density at radius 2 is 1.58 bits per heavy atom. The molecule has 0 aliphatic heterocycles. The second kappa shape index (κ2) is 10.6. The van der Waals surface area contributed by atoms with Crippen LogP contribution in [0.3, 0.4) is 0 Å². The highest BCUT2D eigenvalue weighted by molar-refractivity contribution is 5.93. The zero-order chi connectivity index (χ0) is 22.1. The highest BCUT2D eigenvalue weighted by Gasteiger charge is 2.12. The lowest BCUT2D eigenvalue weighted by molar-refractivity contribution is -0.149. The lowest BCUT2D eigenvalue weighted by Gasteiger charge is -2.11. The van der Waals surface area contributed by atoms with E-state index in [1.807, 2.05) is 42.5 Å². The van der Waals surface area contributed by atoms with Gasteiger partial charge >= 0.3 is 5.97 Å². The number of esters is 1. The van der Waals surface area contributed by atoms with Crippen molar-refractivity contribution in [2.24, 2.45) is 0 Å². The summed E-state index contributed by atoms with van der Waals surface area (Å²) >= 11 is 0. The van der Waals surface area contributed by atoms with Crippen molar-refractivity contribution in [3.8, 4) is 22.6 Å². The Hall–Kier alpha value is -4.13. The van der Waals surface area contributed by atoms with Crippen LogP contribution in [0, 0.1) is 0 Å². The molecule has 0 heterocycles. The van der Waals surface area contributed by atoms with Crippen molar-refractivity contribution in [3.05, 3.63) is 78.4 Å². The summed E-state index contributed by atoms with van der Waals surface area (Å²) in [5, 5.41) is 2.67. The fraction of sp³-hybridized carbons (Fsp3) is 0.125. The molecule has 0 radical (unpaired) electrons. The predicted molar refractivity (Wildman–Crippen MR) is 115 cm³/mol. The molecule has 1 amide bonds. The third-order valence-electron chi connectivity index (χ3n) is 4.31. The summed E-state index contributed by atoms with van der Waals surface area (Å²) in [5.41, 5.74) is 3.11. The smallest absolute Gasteiger partial charge is 0.344 e. The van der Waals surface area contributed by atoms with Crippen LogP contribution < -0.4 is 14.8 Å². The lowest BCUT2D eigenvalue weighted by atomic mass is 10.1. The van der Waals surface area contributed by atoms with Crippen molar-refractivity contribution < 1.29 is 28.6 Å². The maximum absolute atomic E-state index is 12.0. The van der Waals surface area contributed by atoms with E-state index >= 15 is 0 Å². The van der Waals surface area contributed by atoms with Gasteiger partial charge in [0.2, 0.25) is 0 Å². The van der Waals surface area contributed by atoms with Crippen molar-refractivity contribution >= 4 is 23.9 Å². The molecule has 0 aliphatic carbocycles. The Balaban J connectivity index is 1.45. The molecule has 0 unspecified atom stereocenters. The fourth-order valence-corrected chi connectivity index (χ4v) is 2.77. The molecule has 1 N–H and O–H groups in total. The normalized spacial score (nSPS) is 10.1. The van der Waals surface area contributed by atoms with E-state index in [0.29, 0.717) is 23.3 Å². The molecule has 0 bridgehead atoms. The standard InChI is InChI=1S/C24H21NO6/c1-29-22-13-17(14-26)7-12-21(22)30-16-24(28)31-15-23(27)25-20-10-8-19(9-11-20)18-5-3-2-4-6-18/h2-14H,15-16H2,1H3,(H,25,27). The van der Waals surface area contributed by atoms with Crippen LogP contribution in [-0.4, -0.2) is 38.5 Å². The molecule has 0 fully saturated rings. The average Bonchev–Trinajstić information content (AvgIpc) is 2.82. The first-order valence-electron chi connectivity index (χ1n) is 9.46. The number of ether oxygens (including phenoxy) is 3. The minimum atomic E-state index is -0.712. The first-order chi connectivity index (χ1) is 15.1. The van der Waals surface area contributed by atoms with Gasteiger partial charge in [0.05, 0.1) is 7.11 Å². The molecule has 7 heteroatoms. The van der Waals surface area contributed by atoms with Gasteiger partial charge in [-0.25, -0.2) is 4.79 Å². The molecule has 7 nitrogen and oxygen atoms in total. The Morgan fingerprint density at radius 3 is 2.26 bits per heavy atom. The summed E-state index contributed by atoms with van der Waals surface area (Å²) in [6.45, 7) is -0.848. The summed E-state index contributed by atoms with van der Waals surface area (Å²) in [4.78, 5) is 34.7. The van der Waals surface area contributed by atoms with E-state index in [-0.39, 0.29) is 5.75 Å². The van der Waals surface area contributed by atoms with Gasteiger partial charge in [-0.3, -0.25) is 9.59 Å². The van der Waals surface area contributed by atoms with Crippen LogP contribution in [-0.2, 0) is 14.3 Å². The van der Waals surface area contributed by atoms with Crippen LogP contribution in [0.1, 0.15) is 10.4 Å². The van der Waals surface area contributed by atoms with Crippen molar-refractivity contribution in [2.45, 2.75) is 0 Å². The number of aldehydes is 1. The van der Waals surface area contributed by atoms with E-state index in [4.69, 9.17) is 14.2 Å². The number of hydrogen-bond acceptors (Lipinski definition) is 6. The van der Waals surface area contributed by atoms with Gasteiger partial charge in [0.15, 0.2) is 24.7 Å². The molecule has 0 saturated heterocycles. The van der Waals surface area contributed by atoms with Crippen molar-refractivity contribution in [1.82, 2.24) is 0 Å². The molecule has 0 atom stereocenters. The number of benzene rings is 3. The molecular weight excluding hydrogens is 398 g/mol. The SMILES string of the molecule is COc1cc(C=O)ccc1OCC(=O)OCC(=O)Nc1ccc(-c2ccccc2)cc1. The Morgan fingerprint density at radius 1 is 0.871 bits per heavy atom. The van der Waals surface area contributed by atoms with Gasteiger partial charge in [-0.1, -0.05) is 42.5 Å². The van der Waals surface area contributed by atoms with Crippen LogP contribution >= 0.6 is 0 Å². The first kappa shape index (κ1) is 21.6. The predicted octanol–water partition coefficient (Wildman–Crippen LogP) is 3.74. The number of carbonyl (C=O) groups is 3. The molecule has 0 saturated carbocycles. The highest BCUT2D eigenvalue weighted by atomic mass is 16.6. The molecule has 0 aliphatic rings. The molecule has 3 aromatic carbocycles. The minimum Gasteiger partial charge on any atom is -0.493 e. The quantitative estimate of drug-likeness (QED) is 0.420. The van der Waals surface area contributed by atoms with Crippen LogP contribution in [0.2, 0.25) is 0 Å². The largest absolute Gasteiger partial charge is 0.493 e. The van der Waals surface area contributed by atoms with Crippen LogP contribution in [0.5, 0.6) is 11.5 Å². The van der Waals surface area contributed by atoms with Crippen LogP contribution in [0.4, 0.5) is 5.69 Å². The zero-order valence-electron chi connectivity index (χ0n) is 16.9. The number of hydrogen-bond donors (Lipinski definition) is 1. The summed E-state index contributed by atoms with van der Waals surface area (Å²) in [5.74, 6) is -0.577. The van der Waals surface area contributed by atoms with E-state index in [2.05, 4.69) is 5.32 Å². The van der Waals surface area contributed by atoms with Crippen LogP contribution in [0.25, 0.3) is 11.1 Å². The van der Waals surface area contributed by atoms with Gasteiger partial charge in [-0.05, 0) is 41.5 Å². The van der Waals surface area contributed by atoms with E-state index in [0.717, 1.165) is 11.1 Å². The summed E-state index contributed by atoms with van der Waals surface area (Å²) in [6, 6.07) is 21.8. The van der Waals surface area contributed by atoms with Crippen molar-refractivity contribution in [1.29, 1.82) is 0 Å². The number of nitrogens with one attached hydrogen (secondary N) is 1. The fourth-order valence-electron chi connectivity index (χ4n) is 2.77. The lowest BCUT2D eigenvalue weighted by Crippen LogP contribution is -2.23. The maximum Gasteiger partial charge on any atom is 0.344 e. The second-order valence-corrected chi connectivity index (χ2v) is 6.47. The van der Waals surface area contributed by atoms with Gasteiger partial charge in [-0.15, -0.1) is 0 Å². The van der Waals surface area contributed by atoms with Crippen molar-refractivity contribution in [3.63, 3.8) is 0 Å². The van der Waals surface area contributed by atoms with Crippen molar-refractivity contribution in [2.75, 3.05) is 25.6 Å². The summed E-state index contributed by atoms with van der Waals surface area (Å²) in [7, 11) is 1.42. The van der Waals surface area contributed by atoms with Crippen LogP contribution in [0.15, 0.2) is 72.8 Å². The third kappa shape index (κ3) is 6.17. The van der Waals surface area contributed by atoms with Gasteiger partial charge in [0.25, 0.3) is 5.91 Å². The van der Waals surface area contributed by atoms with E-state index in [9.17, 15) is 14.4 Å². The first-order valence-corrected chi connectivity index (χ1v) is 9.46. The van der Waals surface area contributed by atoms with Gasteiger partial charge < -0.3 is 19.5 Å². The average molecular weight is 419 g/mol. The van der Waals surface area contributed by atoms with E-state index in [1.165, 1.54) is 25.3 Å². The number of rotatable bonds is 9. The van der Waals surface area contributed by atoms with Gasteiger partial charge in [0, 0.05) is 11.3 Å². The third-order valence-corrected chi connectivity index (χ3v) is 4.31. The Labute approximate surface area is 179 Å². The second-order valence-electron chi connectivity index (χ2n) is 6.47. The number of anilines is 1. The summed E-state index contributed by atoms with van der Waals surface area (Å²) in [6.07, 6.45) is 0.675. The summed E-state index contributed by atoms with van der Waals surface area (Å²) < 4.78 is 15.4.